The zero-order chi connectivity index (χ0) is 19.9. The van der Waals surface area contributed by atoms with E-state index in [0.717, 1.165) is 11.1 Å². The monoisotopic (exact) mass is 358 g/mol. The van der Waals surface area contributed by atoms with Gasteiger partial charge in [0.25, 0.3) is 0 Å². The summed E-state index contributed by atoms with van der Waals surface area (Å²) in [6, 6.07) is 0. The van der Waals surface area contributed by atoms with E-state index >= 15 is 0 Å². The highest BCUT2D eigenvalue weighted by atomic mass is 16.5. The molecule has 1 aliphatic rings. The summed E-state index contributed by atoms with van der Waals surface area (Å²) in [5, 5.41) is 0. The van der Waals surface area contributed by atoms with Gasteiger partial charge in [-0.15, -0.1) is 0 Å². The van der Waals surface area contributed by atoms with Crippen LogP contribution in [0.5, 0.6) is 0 Å². The summed E-state index contributed by atoms with van der Waals surface area (Å²) in [5.41, 5.74) is 2.39. The lowest BCUT2D eigenvalue weighted by atomic mass is 9.71. The molecule has 0 saturated heterocycles. The average Bonchev–Trinajstić information content (AvgIpc) is 2.55. The Morgan fingerprint density at radius 1 is 1.23 bits per heavy atom. The first-order chi connectivity index (χ1) is 12.1. The fraction of sp³-hybridized carbons (Fsp3) is 0.500. The van der Waals surface area contributed by atoms with E-state index in [1.807, 2.05) is 58.1 Å². The third-order valence-electron chi connectivity index (χ3n) is 4.51. The molecule has 0 amide bonds. The number of ether oxygens (including phenoxy) is 1. The summed E-state index contributed by atoms with van der Waals surface area (Å²) in [5.74, 6) is -0.719. The number of allylic oxidation sites excluding steroid dienone is 7. The van der Waals surface area contributed by atoms with Crippen molar-refractivity contribution in [3.63, 3.8) is 0 Å². The molecule has 0 aromatic rings. The summed E-state index contributed by atoms with van der Waals surface area (Å²) in [7, 11) is 0. The van der Waals surface area contributed by atoms with Crippen LogP contribution in [0.25, 0.3) is 0 Å². The molecule has 4 nitrogen and oxygen atoms in total. The van der Waals surface area contributed by atoms with Gasteiger partial charge in [-0.3, -0.25) is 9.59 Å². The molecule has 4 heteroatoms. The van der Waals surface area contributed by atoms with Crippen molar-refractivity contribution in [3.05, 3.63) is 47.1 Å². The first kappa shape index (κ1) is 21.8. The number of ketones is 2. The average molecular weight is 358 g/mol. The van der Waals surface area contributed by atoms with Crippen molar-refractivity contribution in [2.75, 3.05) is 0 Å². The maximum atomic E-state index is 12.7. The van der Waals surface area contributed by atoms with Crippen molar-refractivity contribution in [1.29, 1.82) is 0 Å². The predicted molar refractivity (Wildman–Crippen MR) is 104 cm³/mol. The number of esters is 1. The van der Waals surface area contributed by atoms with Crippen LogP contribution in [0.3, 0.4) is 0 Å². The van der Waals surface area contributed by atoms with Crippen LogP contribution in [0, 0.1) is 5.41 Å². The minimum atomic E-state index is -0.777. The molecule has 0 heterocycles. The summed E-state index contributed by atoms with van der Waals surface area (Å²) < 4.78 is 5.37. The number of carbonyl (C=O) groups is 3. The molecule has 0 saturated carbocycles. The van der Waals surface area contributed by atoms with Crippen LogP contribution in [0.2, 0.25) is 0 Å². The third-order valence-corrected chi connectivity index (χ3v) is 4.51. The molecule has 0 aromatic heterocycles. The Bertz CT molecular complexity index is 687. The minimum Gasteiger partial charge on any atom is -0.454 e. The van der Waals surface area contributed by atoms with E-state index in [-0.39, 0.29) is 29.8 Å². The normalized spacial score (nSPS) is 20.9. The highest BCUT2D eigenvalue weighted by Gasteiger charge is 2.39. The maximum Gasteiger partial charge on any atom is 0.306 e. The van der Waals surface area contributed by atoms with Crippen molar-refractivity contribution in [3.8, 4) is 0 Å². The van der Waals surface area contributed by atoms with Gasteiger partial charge in [-0.25, -0.2) is 0 Å². The van der Waals surface area contributed by atoms with Crippen molar-refractivity contribution in [2.45, 2.75) is 66.9 Å². The van der Waals surface area contributed by atoms with E-state index in [1.54, 1.807) is 6.92 Å². The lowest BCUT2D eigenvalue weighted by Crippen LogP contribution is -2.39. The number of carbonyl (C=O) groups excluding carboxylic acids is 3. The molecule has 0 bridgehead atoms. The molecule has 26 heavy (non-hydrogen) atoms. The number of hydrogen-bond donors (Lipinski definition) is 0. The summed E-state index contributed by atoms with van der Waals surface area (Å²) >= 11 is 0. The SMILES string of the molecule is C/C=C/C=C(C)/C=C/C1=C(C)C(=O)C(OC(=O)CCC(C)=O)CC1(C)C. The second kappa shape index (κ2) is 9.46. The Hall–Kier alpha value is -2.23. The van der Waals surface area contributed by atoms with Gasteiger partial charge in [0.15, 0.2) is 11.9 Å². The molecule has 0 aliphatic heterocycles. The molecular weight excluding hydrogens is 328 g/mol. The highest BCUT2D eigenvalue weighted by Crippen LogP contribution is 2.40. The molecule has 0 radical (unpaired) electrons. The molecule has 142 valence electrons. The van der Waals surface area contributed by atoms with Crippen molar-refractivity contribution in [1.82, 2.24) is 0 Å². The van der Waals surface area contributed by atoms with Gasteiger partial charge in [0.1, 0.15) is 5.78 Å². The van der Waals surface area contributed by atoms with Gasteiger partial charge in [-0.05, 0) is 44.3 Å². The Kier molecular flexibility index (Phi) is 7.94. The summed E-state index contributed by atoms with van der Waals surface area (Å²) in [6.07, 6.45) is 9.73. The quantitative estimate of drug-likeness (QED) is 0.490. The Morgan fingerprint density at radius 2 is 1.88 bits per heavy atom. The van der Waals surface area contributed by atoms with Crippen LogP contribution >= 0.6 is 0 Å². The van der Waals surface area contributed by atoms with Crippen molar-refractivity contribution >= 4 is 17.5 Å². The largest absolute Gasteiger partial charge is 0.454 e. The summed E-state index contributed by atoms with van der Waals surface area (Å²) in [6.45, 7) is 11.3. The molecule has 0 N–H and O–H groups in total. The first-order valence-corrected chi connectivity index (χ1v) is 9.00. The van der Waals surface area contributed by atoms with E-state index in [9.17, 15) is 14.4 Å². The van der Waals surface area contributed by atoms with Gasteiger partial charge in [-0.1, -0.05) is 49.8 Å². The van der Waals surface area contributed by atoms with Crippen molar-refractivity contribution in [2.24, 2.45) is 5.41 Å². The fourth-order valence-electron chi connectivity index (χ4n) is 3.01. The van der Waals surface area contributed by atoms with E-state index in [2.05, 4.69) is 0 Å². The molecular formula is C22H30O4. The predicted octanol–water partition coefficient (Wildman–Crippen LogP) is 4.66. The molecule has 0 fully saturated rings. The Morgan fingerprint density at radius 3 is 2.46 bits per heavy atom. The van der Waals surface area contributed by atoms with E-state index < -0.39 is 12.1 Å². The standard InChI is InChI=1S/C22H30O4/c1-7-8-9-15(2)10-12-18-17(4)21(25)19(14-22(18,5)6)26-20(24)13-11-16(3)23/h7-10,12,19H,11,13-14H2,1-6H3/b8-7+,12-10+,15-9+. The van der Waals surface area contributed by atoms with E-state index in [4.69, 9.17) is 4.74 Å². The second-order valence-electron chi connectivity index (χ2n) is 7.44. The van der Waals surface area contributed by atoms with Gasteiger partial charge in [0.05, 0.1) is 6.42 Å². The smallest absolute Gasteiger partial charge is 0.306 e. The topological polar surface area (TPSA) is 60.4 Å². The van der Waals surface area contributed by atoms with Gasteiger partial charge in [-0.2, -0.15) is 0 Å². The maximum absolute atomic E-state index is 12.7. The number of rotatable bonds is 7. The molecule has 1 atom stereocenters. The number of Topliss-reactive ketones (excluding diaryl/α,β-unsaturated/α-hetero) is 2. The van der Waals surface area contributed by atoms with E-state index in [0.29, 0.717) is 12.0 Å². The third kappa shape index (κ3) is 6.25. The van der Waals surface area contributed by atoms with Crippen LogP contribution in [0.1, 0.15) is 60.8 Å². The number of hydrogen-bond acceptors (Lipinski definition) is 4. The molecule has 1 rings (SSSR count). The lowest BCUT2D eigenvalue weighted by Gasteiger charge is -2.36. The Labute approximate surface area is 156 Å². The zero-order valence-corrected chi connectivity index (χ0v) is 16.7. The molecule has 0 aromatic carbocycles. The van der Waals surface area contributed by atoms with Gasteiger partial charge in [0, 0.05) is 12.8 Å². The van der Waals surface area contributed by atoms with Crippen LogP contribution in [-0.4, -0.2) is 23.6 Å². The summed E-state index contributed by atoms with van der Waals surface area (Å²) in [4.78, 5) is 35.6. The van der Waals surface area contributed by atoms with Gasteiger partial charge < -0.3 is 9.53 Å². The molecule has 1 aliphatic carbocycles. The Balaban J connectivity index is 2.97. The molecule has 0 spiro atoms. The van der Waals surface area contributed by atoms with Crippen molar-refractivity contribution < 1.29 is 19.1 Å². The fourth-order valence-corrected chi connectivity index (χ4v) is 3.01. The minimum absolute atomic E-state index is 0.0179. The van der Waals surface area contributed by atoms with Gasteiger partial charge in [0.2, 0.25) is 0 Å². The molecule has 1 unspecified atom stereocenters. The van der Waals surface area contributed by atoms with E-state index in [1.165, 1.54) is 6.92 Å². The van der Waals surface area contributed by atoms with Crippen LogP contribution in [-0.2, 0) is 19.1 Å². The van der Waals surface area contributed by atoms with Crippen LogP contribution in [0.15, 0.2) is 47.1 Å². The van der Waals surface area contributed by atoms with Crippen LogP contribution < -0.4 is 0 Å². The lowest BCUT2D eigenvalue weighted by molar-refractivity contribution is -0.156. The zero-order valence-electron chi connectivity index (χ0n) is 16.7. The van der Waals surface area contributed by atoms with Crippen LogP contribution in [0.4, 0.5) is 0 Å². The highest BCUT2D eigenvalue weighted by molar-refractivity contribution is 6.01. The van der Waals surface area contributed by atoms with Gasteiger partial charge >= 0.3 is 5.97 Å². The second-order valence-corrected chi connectivity index (χ2v) is 7.44. The first-order valence-electron chi connectivity index (χ1n) is 9.00.